The molecule has 8 nitrogen and oxygen atoms in total. The fourth-order valence-electron chi connectivity index (χ4n) is 3.28. The van der Waals surface area contributed by atoms with E-state index in [1.165, 1.54) is 0 Å². The van der Waals surface area contributed by atoms with Gasteiger partial charge in [0.2, 0.25) is 11.9 Å². The average molecular weight is 389 g/mol. The highest BCUT2D eigenvalue weighted by Crippen LogP contribution is 2.17. The van der Waals surface area contributed by atoms with Crippen LogP contribution in [0.5, 0.6) is 0 Å². The highest BCUT2D eigenvalue weighted by Gasteiger charge is 2.23. The Balaban J connectivity index is 1.34. The van der Waals surface area contributed by atoms with Crippen molar-refractivity contribution in [1.82, 2.24) is 24.8 Å². The summed E-state index contributed by atoms with van der Waals surface area (Å²) in [6, 6.07) is 12.0. The lowest BCUT2D eigenvalue weighted by Gasteiger charge is -2.34. The van der Waals surface area contributed by atoms with Crippen LogP contribution in [-0.4, -0.2) is 56.9 Å². The van der Waals surface area contributed by atoms with Gasteiger partial charge < -0.3 is 15.1 Å². The zero-order valence-corrected chi connectivity index (χ0v) is 16.3. The number of aromatic nitrogens is 4. The predicted octanol–water partition coefficient (Wildman–Crippen LogP) is 2.40. The number of rotatable bonds is 5. The molecular formula is C21H23N7O. The Kier molecular flexibility index (Phi) is 5.60. The number of benzene rings is 1. The molecule has 4 rings (SSSR count). The van der Waals surface area contributed by atoms with Crippen LogP contribution in [0, 0.1) is 0 Å². The van der Waals surface area contributed by atoms with Gasteiger partial charge in [-0.3, -0.25) is 4.79 Å². The third-order valence-electron chi connectivity index (χ3n) is 4.95. The zero-order valence-electron chi connectivity index (χ0n) is 16.3. The fourth-order valence-corrected chi connectivity index (χ4v) is 3.28. The van der Waals surface area contributed by atoms with Crippen molar-refractivity contribution >= 4 is 17.8 Å². The van der Waals surface area contributed by atoms with E-state index >= 15 is 0 Å². The molecule has 2 aromatic heterocycles. The fraction of sp³-hybridized carbons (Fsp3) is 0.286. The van der Waals surface area contributed by atoms with E-state index in [0.29, 0.717) is 43.6 Å². The number of amides is 1. The Morgan fingerprint density at radius 2 is 1.59 bits per heavy atom. The van der Waals surface area contributed by atoms with Gasteiger partial charge in [0.25, 0.3) is 5.91 Å². The molecule has 29 heavy (non-hydrogen) atoms. The van der Waals surface area contributed by atoms with Crippen LogP contribution < -0.4 is 10.2 Å². The van der Waals surface area contributed by atoms with Crippen molar-refractivity contribution in [1.29, 1.82) is 0 Å². The topological polar surface area (TPSA) is 87.1 Å². The van der Waals surface area contributed by atoms with Gasteiger partial charge >= 0.3 is 0 Å². The Morgan fingerprint density at radius 1 is 0.931 bits per heavy atom. The number of hydrogen-bond donors (Lipinski definition) is 1. The summed E-state index contributed by atoms with van der Waals surface area (Å²) < 4.78 is 0. The molecule has 8 heteroatoms. The third kappa shape index (κ3) is 4.48. The molecule has 0 spiro atoms. The molecular weight excluding hydrogens is 366 g/mol. The summed E-state index contributed by atoms with van der Waals surface area (Å²) in [5.41, 5.74) is 1.64. The second-order valence-corrected chi connectivity index (χ2v) is 6.90. The second kappa shape index (κ2) is 8.64. The van der Waals surface area contributed by atoms with E-state index in [9.17, 15) is 4.79 Å². The molecule has 0 aliphatic carbocycles. The van der Waals surface area contributed by atoms with Gasteiger partial charge in [0.15, 0.2) is 0 Å². The first-order chi connectivity index (χ1) is 14.2. The van der Waals surface area contributed by atoms with E-state index in [-0.39, 0.29) is 11.9 Å². The van der Waals surface area contributed by atoms with Crippen LogP contribution in [0.25, 0.3) is 0 Å². The Labute approximate surface area is 169 Å². The quantitative estimate of drug-likeness (QED) is 0.717. The number of anilines is 2. The van der Waals surface area contributed by atoms with E-state index < -0.39 is 0 Å². The first-order valence-corrected chi connectivity index (χ1v) is 9.65. The average Bonchev–Trinajstić information content (AvgIpc) is 2.80. The van der Waals surface area contributed by atoms with Gasteiger partial charge in [0, 0.05) is 51.0 Å². The van der Waals surface area contributed by atoms with Gasteiger partial charge in [-0.05, 0) is 18.6 Å². The summed E-state index contributed by atoms with van der Waals surface area (Å²) in [5, 5.41) is 3.26. The predicted molar refractivity (Wildman–Crippen MR) is 111 cm³/mol. The maximum atomic E-state index is 12.8. The van der Waals surface area contributed by atoms with Crippen LogP contribution in [-0.2, 0) is 0 Å². The minimum Gasteiger partial charge on any atom is -0.348 e. The molecule has 1 atom stereocenters. The molecule has 148 valence electrons. The number of carbonyl (C=O) groups excluding carboxylic acids is 1. The normalized spacial score (nSPS) is 15.1. The minimum absolute atomic E-state index is 0.0544. The van der Waals surface area contributed by atoms with Gasteiger partial charge in [-0.1, -0.05) is 30.3 Å². The highest BCUT2D eigenvalue weighted by molar-refractivity contribution is 5.93. The molecule has 1 aliphatic heterocycles. The molecule has 1 fully saturated rings. The summed E-state index contributed by atoms with van der Waals surface area (Å²) >= 11 is 0. The van der Waals surface area contributed by atoms with E-state index in [1.807, 2.05) is 30.0 Å². The molecule has 3 heterocycles. The Bertz CT molecular complexity index is 926. The Hall–Kier alpha value is -3.55. The number of nitrogens with zero attached hydrogens (tertiary/aromatic N) is 6. The summed E-state index contributed by atoms with van der Waals surface area (Å²) in [6.45, 7) is 4.67. The monoisotopic (exact) mass is 389 g/mol. The maximum Gasteiger partial charge on any atom is 0.257 e. The van der Waals surface area contributed by atoms with E-state index in [4.69, 9.17) is 0 Å². The lowest BCUT2D eigenvalue weighted by molar-refractivity contribution is 0.0745. The third-order valence-corrected chi connectivity index (χ3v) is 4.95. The first-order valence-electron chi connectivity index (χ1n) is 9.65. The smallest absolute Gasteiger partial charge is 0.257 e. The van der Waals surface area contributed by atoms with E-state index in [1.54, 1.807) is 30.9 Å². The summed E-state index contributed by atoms with van der Waals surface area (Å²) in [4.78, 5) is 33.9. The van der Waals surface area contributed by atoms with Gasteiger partial charge in [-0.15, -0.1) is 0 Å². The van der Waals surface area contributed by atoms with Crippen molar-refractivity contribution in [2.75, 3.05) is 36.4 Å². The van der Waals surface area contributed by atoms with E-state index in [0.717, 1.165) is 5.56 Å². The molecule has 0 saturated carbocycles. The van der Waals surface area contributed by atoms with Crippen molar-refractivity contribution < 1.29 is 4.79 Å². The van der Waals surface area contributed by atoms with Crippen molar-refractivity contribution in [3.8, 4) is 0 Å². The largest absolute Gasteiger partial charge is 0.348 e. The molecule has 1 N–H and O–H groups in total. The van der Waals surface area contributed by atoms with Gasteiger partial charge in [0.05, 0.1) is 11.6 Å². The Morgan fingerprint density at radius 3 is 2.24 bits per heavy atom. The van der Waals surface area contributed by atoms with Crippen LogP contribution in [0.2, 0.25) is 0 Å². The molecule has 0 radical (unpaired) electrons. The number of piperazine rings is 1. The number of nitrogens with one attached hydrogen (secondary N) is 1. The van der Waals surface area contributed by atoms with Crippen LogP contribution in [0.1, 0.15) is 28.9 Å². The maximum absolute atomic E-state index is 12.8. The van der Waals surface area contributed by atoms with Crippen molar-refractivity contribution in [3.63, 3.8) is 0 Å². The van der Waals surface area contributed by atoms with Crippen molar-refractivity contribution in [3.05, 3.63) is 72.3 Å². The lowest BCUT2D eigenvalue weighted by atomic mass is 10.1. The number of carbonyl (C=O) groups is 1. The highest BCUT2D eigenvalue weighted by atomic mass is 16.2. The lowest BCUT2D eigenvalue weighted by Crippen LogP contribution is -2.49. The minimum atomic E-state index is -0.0544. The summed E-state index contributed by atoms with van der Waals surface area (Å²) in [7, 11) is 0. The SMILES string of the molecule is CC(Nc1ncc(C(=O)N2CCN(c3ncccn3)CC2)cn1)c1ccccc1. The summed E-state index contributed by atoms with van der Waals surface area (Å²) in [5.74, 6) is 1.15. The van der Waals surface area contributed by atoms with E-state index in [2.05, 4.69) is 42.3 Å². The first kappa shape index (κ1) is 18.8. The van der Waals surface area contributed by atoms with Gasteiger partial charge in [0.1, 0.15) is 0 Å². The van der Waals surface area contributed by atoms with Crippen molar-refractivity contribution in [2.24, 2.45) is 0 Å². The second-order valence-electron chi connectivity index (χ2n) is 6.90. The van der Waals surface area contributed by atoms with Crippen LogP contribution >= 0.6 is 0 Å². The van der Waals surface area contributed by atoms with Gasteiger partial charge in [-0.2, -0.15) is 0 Å². The molecule has 1 amide bonds. The molecule has 1 unspecified atom stereocenters. The molecule has 0 bridgehead atoms. The summed E-state index contributed by atoms with van der Waals surface area (Å²) in [6.07, 6.45) is 6.63. The zero-order chi connectivity index (χ0) is 20.1. The van der Waals surface area contributed by atoms with Crippen LogP contribution in [0.3, 0.4) is 0 Å². The van der Waals surface area contributed by atoms with Crippen molar-refractivity contribution in [2.45, 2.75) is 13.0 Å². The number of hydrogen-bond acceptors (Lipinski definition) is 7. The molecule has 1 aliphatic rings. The molecule has 3 aromatic rings. The van der Waals surface area contributed by atoms with Gasteiger partial charge in [-0.25, -0.2) is 19.9 Å². The molecule has 1 aromatic carbocycles. The van der Waals surface area contributed by atoms with Crippen LogP contribution in [0.15, 0.2) is 61.2 Å². The molecule has 1 saturated heterocycles. The van der Waals surface area contributed by atoms with Crippen LogP contribution in [0.4, 0.5) is 11.9 Å². The standard InChI is InChI=1S/C21H23N7O/c1-16(17-6-3-2-4-7-17)26-20-24-14-18(15-25-20)19(29)27-10-12-28(13-11-27)21-22-8-5-9-23-21/h2-9,14-16H,10-13H2,1H3,(H,24,25,26).